The van der Waals surface area contributed by atoms with Crippen LogP contribution in [0.15, 0.2) is 18.3 Å². The standard InChI is InChI=1S/C27H36F3N3O5/c28-27(29,30)17-38-25-21(26(36)31-11-12-37-16-20-7-8-20)9-10-23-22(25)15-33(32-23)14-19-4-2-1-3-18(5-6-19)13-24(34)35/h9-10,15,18-20H,1-8,11-14,16-17H2,(H,31,36)(H,34,35). The zero-order valence-electron chi connectivity index (χ0n) is 21.5. The molecule has 2 fully saturated rings. The van der Waals surface area contributed by atoms with Gasteiger partial charge in [-0.25, -0.2) is 0 Å². The highest BCUT2D eigenvalue weighted by atomic mass is 19.4. The fraction of sp³-hybridized carbons (Fsp3) is 0.667. The molecule has 8 nitrogen and oxygen atoms in total. The number of nitrogens with zero attached hydrogens (tertiary/aromatic N) is 2. The first-order chi connectivity index (χ1) is 18.2. The number of carboxylic acids is 1. The van der Waals surface area contributed by atoms with Crippen molar-refractivity contribution >= 4 is 22.8 Å². The number of nitrogens with one attached hydrogen (secondary N) is 1. The summed E-state index contributed by atoms with van der Waals surface area (Å²) in [5, 5.41) is 16.8. The van der Waals surface area contributed by atoms with Crippen LogP contribution in [0.3, 0.4) is 0 Å². The van der Waals surface area contributed by atoms with Gasteiger partial charge < -0.3 is 19.9 Å². The van der Waals surface area contributed by atoms with Crippen LogP contribution >= 0.6 is 0 Å². The van der Waals surface area contributed by atoms with Crippen molar-refractivity contribution in [3.8, 4) is 5.75 Å². The molecule has 2 saturated carbocycles. The third-order valence-corrected chi connectivity index (χ3v) is 7.26. The highest BCUT2D eigenvalue weighted by molar-refractivity contribution is 6.03. The van der Waals surface area contributed by atoms with E-state index in [0.717, 1.165) is 51.4 Å². The lowest BCUT2D eigenvalue weighted by molar-refractivity contribution is -0.153. The highest BCUT2D eigenvalue weighted by Crippen LogP contribution is 2.33. The summed E-state index contributed by atoms with van der Waals surface area (Å²) in [7, 11) is 0. The lowest BCUT2D eigenvalue weighted by Crippen LogP contribution is -2.28. The summed E-state index contributed by atoms with van der Waals surface area (Å²) in [5.74, 6) is -0.408. The Morgan fingerprint density at radius 2 is 1.76 bits per heavy atom. The molecule has 0 radical (unpaired) electrons. The van der Waals surface area contributed by atoms with E-state index in [4.69, 9.17) is 14.6 Å². The van der Waals surface area contributed by atoms with E-state index < -0.39 is 24.7 Å². The number of alkyl halides is 3. The molecule has 2 N–H and O–H groups in total. The van der Waals surface area contributed by atoms with Gasteiger partial charge in [0.1, 0.15) is 5.75 Å². The zero-order chi connectivity index (χ0) is 27.1. The molecule has 2 aliphatic rings. The number of hydrogen-bond acceptors (Lipinski definition) is 5. The Hall–Kier alpha value is -2.82. The van der Waals surface area contributed by atoms with E-state index in [0.29, 0.717) is 36.6 Å². The van der Waals surface area contributed by atoms with Crippen LogP contribution in [0.1, 0.15) is 68.1 Å². The Labute approximate surface area is 219 Å². The number of hydrogen-bond donors (Lipinski definition) is 2. The van der Waals surface area contributed by atoms with Gasteiger partial charge >= 0.3 is 12.1 Å². The fourth-order valence-corrected chi connectivity index (χ4v) is 5.09. The molecule has 1 amide bonds. The molecule has 2 aliphatic carbocycles. The number of ether oxygens (including phenoxy) is 2. The maximum absolute atomic E-state index is 13.0. The van der Waals surface area contributed by atoms with Gasteiger partial charge in [-0.15, -0.1) is 0 Å². The summed E-state index contributed by atoms with van der Waals surface area (Å²) in [4.78, 5) is 24.0. The largest absolute Gasteiger partial charge is 0.483 e. The Kier molecular flexibility index (Phi) is 9.51. The summed E-state index contributed by atoms with van der Waals surface area (Å²) in [6, 6.07) is 3.06. The van der Waals surface area contributed by atoms with Crippen LogP contribution in [0.4, 0.5) is 13.2 Å². The average molecular weight is 540 g/mol. The molecule has 4 rings (SSSR count). The molecule has 210 valence electrons. The van der Waals surface area contributed by atoms with Gasteiger partial charge in [-0.05, 0) is 68.4 Å². The highest BCUT2D eigenvalue weighted by Gasteiger charge is 2.30. The van der Waals surface area contributed by atoms with E-state index >= 15 is 0 Å². The number of benzene rings is 1. The van der Waals surface area contributed by atoms with Crippen molar-refractivity contribution in [1.29, 1.82) is 0 Å². The minimum absolute atomic E-state index is 0.0194. The molecule has 0 aliphatic heterocycles. The minimum Gasteiger partial charge on any atom is -0.483 e. The lowest BCUT2D eigenvalue weighted by atomic mass is 9.84. The van der Waals surface area contributed by atoms with E-state index in [9.17, 15) is 22.8 Å². The molecule has 2 unspecified atom stereocenters. The molecule has 11 heteroatoms. The van der Waals surface area contributed by atoms with Gasteiger partial charge in [-0.3, -0.25) is 14.3 Å². The quantitative estimate of drug-likeness (QED) is 0.360. The monoisotopic (exact) mass is 539 g/mol. The molecule has 2 atom stereocenters. The molecule has 0 spiro atoms. The van der Waals surface area contributed by atoms with Crippen molar-refractivity contribution in [3.63, 3.8) is 0 Å². The number of rotatable bonds is 12. The van der Waals surface area contributed by atoms with Crippen molar-refractivity contribution in [2.75, 3.05) is 26.4 Å². The van der Waals surface area contributed by atoms with E-state index in [2.05, 4.69) is 10.4 Å². The Morgan fingerprint density at radius 3 is 2.47 bits per heavy atom. The van der Waals surface area contributed by atoms with Gasteiger partial charge in [0.25, 0.3) is 5.91 Å². The van der Waals surface area contributed by atoms with Crippen molar-refractivity contribution in [3.05, 3.63) is 23.9 Å². The van der Waals surface area contributed by atoms with E-state index in [-0.39, 0.29) is 36.1 Å². The van der Waals surface area contributed by atoms with Crippen LogP contribution in [0.25, 0.3) is 10.9 Å². The maximum Gasteiger partial charge on any atom is 0.422 e. The van der Waals surface area contributed by atoms with Crippen LogP contribution < -0.4 is 10.1 Å². The van der Waals surface area contributed by atoms with Crippen molar-refractivity contribution in [2.45, 2.75) is 70.5 Å². The number of amides is 1. The smallest absolute Gasteiger partial charge is 0.422 e. The topological polar surface area (TPSA) is 103 Å². The average Bonchev–Trinajstić information content (AvgIpc) is 3.57. The van der Waals surface area contributed by atoms with Crippen LogP contribution in [-0.4, -0.2) is 59.3 Å². The van der Waals surface area contributed by atoms with Gasteiger partial charge in [0.15, 0.2) is 6.61 Å². The predicted octanol–water partition coefficient (Wildman–Crippen LogP) is 5.20. The molecule has 1 heterocycles. The molecular weight excluding hydrogens is 503 g/mol. The summed E-state index contributed by atoms with van der Waals surface area (Å²) >= 11 is 0. The number of carbonyl (C=O) groups excluding carboxylic acids is 1. The van der Waals surface area contributed by atoms with E-state index in [1.807, 2.05) is 0 Å². The number of aromatic nitrogens is 2. The van der Waals surface area contributed by atoms with Gasteiger partial charge in [-0.2, -0.15) is 18.3 Å². The third kappa shape index (κ3) is 8.61. The first kappa shape index (κ1) is 28.2. The normalized spacial score (nSPS) is 20.6. The molecule has 0 saturated heterocycles. The Balaban J connectivity index is 1.46. The third-order valence-electron chi connectivity index (χ3n) is 7.26. The Morgan fingerprint density at radius 1 is 1.05 bits per heavy atom. The summed E-state index contributed by atoms with van der Waals surface area (Å²) in [6.45, 7) is 0.271. The summed E-state index contributed by atoms with van der Waals surface area (Å²) < 4.78 is 51.5. The second-order valence-electron chi connectivity index (χ2n) is 10.6. The van der Waals surface area contributed by atoms with Crippen LogP contribution in [0.2, 0.25) is 0 Å². The lowest BCUT2D eigenvalue weighted by Gasteiger charge is -2.24. The second kappa shape index (κ2) is 12.8. The minimum atomic E-state index is -4.56. The molecule has 1 aromatic carbocycles. The van der Waals surface area contributed by atoms with Crippen molar-refractivity contribution in [2.24, 2.45) is 17.8 Å². The van der Waals surface area contributed by atoms with Crippen molar-refractivity contribution < 1.29 is 37.3 Å². The van der Waals surface area contributed by atoms with E-state index in [1.165, 1.54) is 6.07 Å². The number of fused-ring (bicyclic) bond motifs is 1. The van der Waals surface area contributed by atoms with Crippen LogP contribution in [-0.2, 0) is 16.1 Å². The molecule has 1 aromatic heterocycles. The molecular formula is C27H36F3N3O5. The summed E-state index contributed by atoms with van der Waals surface area (Å²) in [6.07, 6.45) is 5.14. The molecule has 0 bridgehead atoms. The summed E-state index contributed by atoms with van der Waals surface area (Å²) in [5.41, 5.74) is 0.465. The van der Waals surface area contributed by atoms with Crippen LogP contribution in [0.5, 0.6) is 5.75 Å². The van der Waals surface area contributed by atoms with Gasteiger partial charge in [0.05, 0.1) is 23.1 Å². The van der Waals surface area contributed by atoms with Crippen LogP contribution in [0, 0.1) is 17.8 Å². The molecule has 38 heavy (non-hydrogen) atoms. The van der Waals surface area contributed by atoms with Gasteiger partial charge in [0.2, 0.25) is 0 Å². The molecule has 2 aromatic rings. The number of carbonyl (C=O) groups is 2. The maximum atomic E-state index is 13.0. The van der Waals surface area contributed by atoms with Gasteiger partial charge in [-0.1, -0.05) is 12.8 Å². The van der Waals surface area contributed by atoms with Gasteiger partial charge in [0, 0.05) is 32.3 Å². The number of carboxylic acid groups (broad SMARTS) is 1. The Bertz CT molecular complexity index is 1100. The number of aliphatic carboxylic acids is 1. The zero-order valence-corrected chi connectivity index (χ0v) is 21.5. The second-order valence-corrected chi connectivity index (χ2v) is 10.6. The predicted molar refractivity (Wildman–Crippen MR) is 134 cm³/mol. The first-order valence-corrected chi connectivity index (χ1v) is 13.5. The SMILES string of the molecule is O=C(O)CC1CCCCC(Cn2cc3c(OCC(F)(F)F)c(C(=O)NCCOCC4CC4)ccc3n2)CC1. The first-order valence-electron chi connectivity index (χ1n) is 13.5. The fourth-order valence-electron chi connectivity index (χ4n) is 5.09. The van der Waals surface area contributed by atoms with E-state index in [1.54, 1.807) is 16.9 Å². The number of halogens is 3. The van der Waals surface area contributed by atoms with Crippen molar-refractivity contribution in [1.82, 2.24) is 15.1 Å².